The van der Waals surface area contributed by atoms with Crippen LogP contribution in [0, 0.1) is 0 Å². The Morgan fingerprint density at radius 1 is 1.24 bits per heavy atom. The maximum Gasteiger partial charge on any atom is 0.226 e. The fourth-order valence-electron chi connectivity index (χ4n) is 2.00. The van der Waals surface area contributed by atoms with E-state index in [0.717, 1.165) is 35.4 Å². The van der Waals surface area contributed by atoms with Gasteiger partial charge in [0.15, 0.2) is 0 Å². The van der Waals surface area contributed by atoms with Gasteiger partial charge in [0.2, 0.25) is 5.95 Å². The number of hydrogen-bond acceptors (Lipinski definition) is 6. The quantitative estimate of drug-likeness (QED) is 0.698. The highest BCUT2D eigenvalue weighted by Crippen LogP contribution is 2.30. The topological polar surface area (TPSA) is 70.1 Å². The Labute approximate surface area is 129 Å². The summed E-state index contributed by atoms with van der Waals surface area (Å²) in [6.45, 7) is 7.63. The van der Waals surface area contributed by atoms with E-state index >= 15 is 0 Å². The van der Waals surface area contributed by atoms with Gasteiger partial charge in [-0.15, -0.1) is 11.3 Å². The number of hydrogen-bond donors (Lipinski definition) is 3. The Hall–Kier alpha value is -1.40. The average molecular weight is 308 g/mol. The van der Waals surface area contributed by atoms with Crippen LogP contribution in [0.1, 0.15) is 38.5 Å². The normalized spacial score (nSPS) is 12.6. The number of fused-ring (bicyclic) bond motifs is 1. The summed E-state index contributed by atoms with van der Waals surface area (Å²) in [4.78, 5) is 11.5. The molecule has 116 valence electrons. The summed E-state index contributed by atoms with van der Waals surface area (Å²) in [6.07, 6.45) is 2.44. The highest BCUT2D eigenvalue weighted by atomic mass is 32.1. The van der Waals surface area contributed by atoms with E-state index in [4.69, 9.17) is 0 Å². The zero-order chi connectivity index (χ0) is 15.2. The van der Waals surface area contributed by atoms with Crippen molar-refractivity contribution in [3.8, 4) is 0 Å². The van der Waals surface area contributed by atoms with Crippen molar-refractivity contribution in [3.05, 3.63) is 10.9 Å². The minimum atomic E-state index is -0.304. The number of aromatic nitrogens is 2. The molecular formula is C15H24N4OS. The van der Waals surface area contributed by atoms with Crippen LogP contribution in [0.15, 0.2) is 6.07 Å². The lowest BCUT2D eigenvalue weighted by Crippen LogP contribution is -2.12. The molecule has 3 N–H and O–H groups in total. The van der Waals surface area contributed by atoms with E-state index in [2.05, 4.69) is 40.5 Å². The van der Waals surface area contributed by atoms with Crippen molar-refractivity contribution in [1.82, 2.24) is 9.97 Å². The van der Waals surface area contributed by atoms with Gasteiger partial charge in [0.05, 0.1) is 11.5 Å². The highest BCUT2D eigenvalue weighted by Gasteiger charge is 2.11. The van der Waals surface area contributed by atoms with Crippen molar-refractivity contribution in [2.24, 2.45) is 0 Å². The van der Waals surface area contributed by atoms with Crippen LogP contribution >= 0.6 is 11.3 Å². The van der Waals surface area contributed by atoms with Gasteiger partial charge < -0.3 is 15.7 Å². The number of aliphatic hydroxyl groups is 1. The SMILES string of the molecule is CCCNc1nc(NCCC(C)O)c2cc(CC)sc2n1. The van der Waals surface area contributed by atoms with E-state index in [9.17, 15) is 5.11 Å². The fourth-order valence-corrected chi connectivity index (χ4v) is 2.96. The molecule has 0 fully saturated rings. The zero-order valence-electron chi connectivity index (χ0n) is 12.9. The third-order valence-electron chi connectivity index (χ3n) is 3.18. The monoisotopic (exact) mass is 308 g/mol. The fraction of sp³-hybridized carbons (Fsp3) is 0.600. The molecule has 0 aromatic carbocycles. The first-order valence-electron chi connectivity index (χ1n) is 7.60. The Bertz CT molecular complexity index is 582. The second-order valence-electron chi connectivity index (χ2n) is 5.17. The summed E-state index contributed by atoms with van der Waals surface area (Å²) in [5, 5.41) is 17.0. The summed E-state index contributed by atoms with van der Waals surface area (Å²) >= 11 is 1.72. The number of nitrogens with zero attached hydrogens (tertiary/aromatic N) is 2. The molecule has 1 atom stereocenters. The summed E-state index contributed by atoms with van der Waals surface area (Å²) in [7, 11) is 0. The van der Waals surface area contributed by atoms with Crippen molar-refractivity contribution in [3.63, 3.8) is 0 Å². The first kappa shape index (κ1) is 16.0. The standard InChI is InChI=1S/C15H24N4OS/c1-4-7-17-15-18-13(16-8-6-10(3)20)12-9-11(5-2)21-14(12)19-15/h9-10,20H,4-8H2,1-3H3,(H2,16,17,18,19). The lowest BCUT2D eigenvalue weighted by atomic mass is 10.2. The minimum Gasteiger partial charge on any atom is -0.393 e. The van der Waals surface area contributed by atoms with E-state index < -0.39 is 0 Å². The first-order valence-corrected chi connectivity index (χ1v) is 8.42. The number of anilines is 2. The number of aryl methyl sites for hydroxylation is 1. The van der Waals surface area contributed by atoms with Gasteiger partial charge in [-0.2, -0.15) is 4.98 Å². The largest absolute Gasteiger partial charge is 0.393 e. The van der Waals surface area contributed by atoms with Gasteiger partial charge in [-0.3, -0.25) is 0 Å². The second-order valence-corrected chi connectivity index (χ2v) is 6.29. The van der Waals surface area contributed by atoms with Gasteiger partial charge in [-0.1, -0.05) is 13.8 Å². The molecule has 0 aliphatic rings. The summed E-state index contributed by atoms with van der Waals surface area (Å²) in [5.74, 6) is 1.53. The van der Waals surface area contributed by atoms with Gasteiger partial charge >= 0.3 is 0 Å². The lowest BCUT2D eigenvalue weighted by Gasteiger charge is -2.10. The highest BCUT2D eigenvalue weighted by molar-refractivity contribution is 7.18. The van der Waals surface area contributed by atoms with Gasteiger partial charge in [-0.05, 0) is 32.3 Å². The Kier molecular flexibility index (Phi) is 5.76. The number of aliphatic hydroxyl groups excluding tert-OH is 1. The van der Waals surface area contributed by atoms with Crippen LogP contribution in [0.25, 0.3) is 10.2 Å². The smallest absolute Gasteiger partial charge is 0.226 e. The van der Waals surface area contributed by atoms with Crippen molar-refractivity contribution in [1.29, 1.82) is 0 Å². The molecule has 2 heterocycles. The van der Waals surface area contributed by atoms with Gasteiger partial charge in [0.1, 0.15) is 10.6 Å². The minimum absolute atomic E-state index is 0.304. The Morgan fingerprint density at radius 2 is 2.05 bits per heavy atom. The Balaban J connectivity index is 2.27. The van der Waals surface area contributed by atoms with E-state index in [-0.39, 0.29) is 6.10 Å². The van der Waals surface area contributed by atoms with E-state index in [1.807, 2.05) is 0 Å². The molecular weight excluding hydrogens is 284 g/mol. The average Bonchev–Trinajstić information content (AvgIpc) is 2.88. The second kappa shape index (κ2) is 7.56. The molecule has 0 bridgehead atoms. The van der Waals surface area contributed by atoms with Gasteiger partial charge in [-0.25, -0.2) is 4.98 Å². The molecule has 2 rings (SSSR count). The van der Waals surface area contributed by atoms with Gasteiger partial charge in [0, 0.05) is 18.0 Å². The summed E-state index contributed by atoms with van der Waals surface area (Å²) in [5.41, 5.74) is 0. The number of thiophene rings is 1. The third kappa shape index (κ3) is 4.28. The molecule has 0 saturated heterocycles. The van der Waals surface area contributed by atoms with E-state index in [1.54, 1.807) is 18.3 Å². The first-order chi connectivity index (χ1) is 10.1. The molecule has 0 aliphatic heterocycles. The summed E-state index contributed by atoms with van der Waals surface area (Å²) in [6, 6.07) is 2.16. The van der Waals surface area contributed by atoms with Crippen LogP contribution in [-0.4, -0.2) is 34.3 Å². The molecule has 6 heteroatoms. The molecule has 1 unspecified atom stereocenters. The third-order valence-corrected chi connectivity index (χ3v) is 4.35. The van der Waals surface area contributed by atoms with Crippen molar-refractivity contribution >= 4 is 33.3 Å². The van der Waals surface area contributed by atoms with E-state index in [1.165, 1.54) is 4.88 Å². The van der Waals surface area contributed by atoms with Gasteiger partial charge in [0.25, 0.3) is 0 Å². The molecule has 21 heavy (non-hydrogen) atoms. The van der Waals surface area contributed by atoms with Crippen LogP contribution in [-0.2, 0) is 6.42 Å². The van der Waals surface area contributed by atoms with E-state index in [0.29, 0.717) is 18.9 Å². The molecule has 0 spiro atoms. The van der Waals surface area contributed by atoms with Crippen molar-refractivity contribution in [2.45, 2.75) is 46.1 Å². The zero-order valence-corrected chi connectivity index (χ0v) is 13.8. The van der Waals surface area contributed by atoms with Crippen molar-refractivity contribution < 1.29 is 5.11 Å². The van der Waals surface area contributed by atoms with Crippen LogP contribution < -0.4 is 10.6 Å². The lowest BCUT2D eigenvalue weighted by molar-refractivity contribution is 0.188. The van der Waals surface area contributed by atoms with Crippen LogP contribution in [0.2, 0.25) is 0 Å². The van der Waals surface area contributed by atoms with Crippen molar-refractivity contribution in [2.75, 3.05) is 23.7 Å². The maximum absolute atomic E-state index is 9.37. The van der Waals surface area contributed by atoms with Crippen LogP contribution in [0.5, 0.6) is 0 Å². The molecule has 0 amide bonds. The Morgan fingerprint density at radius 3 is 2.71 bits per heavy atom. The maximum atomic E-state index is 9.37. The molecule has 5 nitrogen and oxygen atoms in total. The number of rotatable bonds is 8. The summed E-state index contributed by atoms with van der Waals surface area (Å²) < 4.78 is 0. The molecule has 2 aromatic heterocycles. The molecule has 0 aliphatic carbocycles. The predicted octanol–water partition coefficient (Wildman–Crippen LogP) is 3.26. The predicted molar refractivity (Wildman–Crippen MR) is 90.4 cm³/mol. The number of nitrogens with one attached hydrogen (secondary N) is 2. The molecule has 2 aromatic rings. The molecule has 0 radical (unpaired) electrons. The molecule has 0 saturated carbocycles. The van der Waals surface area contributed by atoms with Crippen LogP contribution in [0.3, 0.4) is 0 Å². The van der Waals surface area contributed by atoms with Crippen LogP contribution in [0.4, 0.5) is 11.8 Å².